The molecule has 0 fully saturated rings. The van der Waals surface area contributed by atoms with E-state index in [0.29, 0.717) is 0 Å². The molecule has 3 heteroatoms. The van der Waals surface area contributed by atoms with Crippen molar-refractivity contribution in [2.75, 3.05) is 4.90 Å². The number of rotatable bonds is 5. The van der Waals surface area contributed by atoms with Crippen molar-refractivity contribution in [3.63, 3.8) is 0 Å². The Kier molecular flexibility index (Phi) is 7.17. The Hall–Kier alpha value is -8.14. The van der Waals surface area contributed by atoms with Crippen LogP contribution in [0.2, 0.25) is 0 Å². The molecule has 0 atom stereocenters. The number of para-hydroxylation sites is 3. The first-order valence-electron chi connectivity index (χ1n) is 22.3. The van der Waals surface area contributed by atoms with Gasteiger partial charge in [0, 0.05) is 43.9 Å². The molecule has 0 radical (unpaired) electrons. The second-order valence-corrected chi connectivity index (χ2v) is 18.1. The average molecular weight is 816 g/mol. The summed E-state index contributed by atoms with van der Waals surface area (Å²) in [5, 5.41) is 7.60. The Bertz CT molecular complexity index is 4050. The molecule has 0 bridgehead atoms. The Morgan fingerprint density at radius 3 is 1.67 bits per heavy atom. The van der Waals surface area contributed by atoms with Crippen LogP contribution < -0.4 is 4.90 Å². The Labute approximate surface area is 370 Å². The fourth-order valence-electron chi connectivity index (χ4n) is 11.4. The summed E-state index contributed by atoms with van der Waals surface area (Å²) in [4.78, 5) is 2.46. The maximum absolute atomic E-state index is 2.51. The topological polar surface area (TPSA) is 12.1 Å². The molecule has 3 heterocycles. The molecule has 0 unspecified atom stereocenters. The van der Waals surface area contributed by atoms with Crippen LogP contribution in [0.1, 0.15) is 25.0 Å². The molecule has 3 nitrogen and oxygen atoms in total. The molecule has 0 saturated heterocycles. The average Bonchev–Trinajstić information content (AvgIpc) is 3.95. The van der Waals surface area contributed by atoms with Crippen molar-refractivity contribution in [1.82, 2.24) is 8.80 Å². The second kappa shape index (κ2) is 12.9. The van der Waals surface area contributed by atoms with E-state index < -0.39 is 0 Å². The van der Waals surface area contributed by atoms with Crippen LogP contribution in [0.3, 0.4) is 0 Å². The summed E-state index contributed by atoms with van der Waals surface area (Å²) in [6, 6.07) is 78.9. The van der Waals surface area contributed by atoms with Crippen LogP contribution in [0.15, 0.2) is 212 Å². The number of hydrogen-bond acceptors (Lipinski definition) is 1. The van der Waals surface area contributed by atoms with Crippen LogP contribution in [0.25, 0.3) is 98.8 Å². The molecule has 0 spiro atoms. The van der Waals surface area contributed by atoms with E-state index in [1.54, 1.807) is 0 Å². The largest absolute Gasteiger partial charge is 0.310 e. The minimum absolute atomic E-state index is 0.116. The standard InChI is InChI=1S/C61H41N3/c1-61(2)52-19-9-5-16-46(52)47-31-30-44(37-53(47)61)62(43-29-27-38-13-3-4-14-41(38)35-43)54-20-10-6-15-45(54)40-25-23-39(24-26-40)42-28-34-57-58(36-42)64-56-22-12-8-18-49(56)51-33-32-50-48-17-7-11-21-55(48)63(57)59(50)60(51)64/h3-37H,1-2H3. The van der Waals surface area contributed by atoms with Crippen LogP contribution in [0, 0.1) is 0 Å². The maximum Gasteiger partial charge on any atom is 0.0789 e. The van der Waals surface area contributed by atoms with E-state index in [4.69, 9.17) is 0 Å². The number of aromatic nitrogens is 2. The van der Waals surface area contributed by atoms with Crippen LogP contribution in [0.5, 0.6) is 0 Å². The fraction of sp³-hybridized carbons (Fsp3) is 0.0492. The molecule has 3 aromatic heterocycles. The van der Waals surface area contributed by atoms with Crippen molar-refractivity contribution in [2.45, 2.75) is 19.3 Å². The third kappa shape index (κ3) is 4.81. The summed E-state index contributed by atoms with van der Waals surface area (Å²) >= 11 is 0. The molecular weight excluding hydrogens is 775 g/mol. The maximum atomic E-state index is 2.51. The van der Waals surface area contributed by atoms with Gasteiger partial charge in [0.25, 0.3) is 0 Å². The lowest BCUT2D eigenvalue weighted by molar-refractivity contribution is 0.660. The van der Waals surface area contributed by atoms with Gasteiger partial charge in [-0.25, -0.2) is 0 Å². The summed E-state index contributed by atoms with van der Waals surface area (Å²) < 4.78 is 5.00. The first kappa shape index (κ1) is 35.5. The molecule has 10 aromatic carbocycles. The van der Waals surface area contributed by atoms with Gasteiger partial charge in [0.1, 0.15) is 0 Å². The predicted molar refractivity (Wildman–Crippen MR) is 270 cm³/mol. The van der Waals surface area contributed by atoms with Crippen LogP contribution >= 0.6 is 0 Å². The van der Waals surface area contributed by atoms with Crippen molar-refractivity contribution in [3.8, 4) is 33.4 Å². The summed E-state index contributed by atoms with van der Waals surface area (Å²) in [5.74, 6) is 0. The summed E-state index contributed by atoms with van der Waals surface area (Å²) in [6.45, 7) is 4.72. The van der Waals surface area contributed by atoms with Gasteiger partial charge in [-0.2, -0.15) is 0 Å². The van der Waals surface area contributed by atoms with Gasteiger partial charge in [-0.05, 0) is 104 Å². The van der Waals surface area contributed by atoms with E-state index in [2.05, 4.69) is 240 Å². The van der Waals surface area contributed by atoms with Crippen molar-refractivity contribution in [2.24, 2.45) is 0 Å². The van der Waals surface area contributed by atoms with Crippen LogP contribution in [0.4, 0.5) is 17.1 Å². The lowest BCUT2D eigenvalue weighted by atomic mass is 9.82. The highest BCUT2D eigenvalue weighted by molar-refractivity contribution is 6.25. The molecule has 1 aliphatic rings. The zero-order valence-electron chi connectivity index (χ0n) is 35.5. The lowest BCUT2D eigenvalue weighted by Gasteiger charge is -2.30. The Morgan fingerprint density at radius 1 is 0.344 bits per heavy atom. The van der Waals surface area contributed by atoms with Gasteiger partial charge in [0.15, 0.2) is 0 Å². The van der Waals surface area contributed by atoms with E-state index in [9.17, 15) is 0 Å². The summed E-state index contributed by atoms with van der Waals surface area (Å²) in [5.41, 5.74) is 20.9. The number of anilines is 3. The molecule has 0 N–H and O–H groups in total. The van der Waals surface area contributed by atoms with Crippen LogP contribution in [-0.4, -0.2) is 8.80 Å². The predicted octanol–water partition coefficient (Wildman–Crippen LogP) is 16.5. The minimum atomic E-state index is -0.116. The summed E-state index contributed by atoms with van der Waals surface area (Å²) in [7, 11) is 0. The summed E-state index contributed by atoms with van der Waals surface area (Å²) in [6.07, 6.45) is 0. The van der Waals surface area contributed by atoms with Gasteiger partial charge in [0.2, 0.25) is 0 Å². The molecule has 300 valence electrons. The zero-order valence-corrected chi connectivity index (χ0v) is 35.5. The third-order valence-corrected chi connectivity index (χ3v) is 14.4. The molecule has 1 aliphatic carbocycles. The van der Waals surface area contributed by atoms with Gasteiger partial charge in [-0.3, -0.25) is 0 Å². The molecule has 14 rings (SSSR count). The van der Waals surface area contributed by atoms with E-state index >= 15 is 0 Å². The highest BCUT2D eigenvalue weighted by Gasteiger charge is 2.36. The Balaban J connectivity index is 0.925. The van der Waals surface area contributed by atoms with Crippen molar-refractivity contribution < 1.29 is 0 Å². The number of benzene rings is 10. The van der Waals surface area contributed by atoms with E-state index in [0.717, 1.165) is 17.1 Å². The molecule has 13 aromatic rings. The monoisotopic (exact) mass is 815 g/mol. The molecule has 0 amide bonds. The quantitative estimate of drug-likeness (QED) is 0.158. The van der Waals surface area contributed by atoms with E-state index in [-0.39, 0.29) is 5.41 Å². The third-order valence-electron chi connectivity index (χ3n) is 14.4. The molecular formula is C61H41N3. The minimum Gasteiger partial charge on any atom is -0.310 e. The van der Waals surface area contributed by atoms with Gasteiger partial charge in [-0.1, -0.05) is 172 Å². The smallest absolute Gasteiger partial charge is 0.0789 e. The fourth-order valence-corrected chi connectivity index (χ4v) is 11.4. The van der Waals surface area contributed by atoms with E-state index in [1.165, 1.54) is 110 Å². The number of nitrogens with zero attached hydrogens (tertiary/aromatic N) is 3. The van der Waals surface area contributed by atoms with Crippen molar-refractivity contribution in [3.05, 3.63) is 223 Å². The zero-order chi connectivity index (χ0) is 42.3. The first-order chi connectivity index (χ1) is 31.5. The molecule has 0 saturated carbocycles. The molecule has 64 heavy (non-hydrogen) atoms. The van der Waals surface area contributed by atoms with Gasteiger partial charge >= 0.3 is 0 Å². The first-order valence-corrected chi connectivity index (χ1v) is 22.3. The van der Waals surface area contributed by atoms with Gasteiger partial charge in [0.05, 0.1) is 38.8 Å². The van der Waals surface area contributed by atoms with Gasteiger partial charge < -0.3 is 13.7 Å². The van der Waals surface area contributed by atoms with Gasteiger partial charge in [-0.15, -0.1) is 0 Å². The van der Waals surface area contributed by atoms with Crippen molar-refractivity contribution in [1.29, 1.82) is 0 Å². The second-order valence-electron chi connectivity index (χ2n) is 18.1. The SMILES string of the molecule is CC1(C)c2ccccc2-c2ccc(N(c3ccc4ccccc4c3)c3ccccc3-c3ccc(-c4ccc5c(c4)n4c6ccccc6c6ccc7c8ccccc8n5c7c64)cc3)cc21. The number of hydrogen-bond donors (Lipinski definition) is 0. The lowest BCUT2D eigenvalue weighted by Crippen LogP contribution is -2.16. The van der Waals surface area contributed by atoms with E-state index in [1.807, 2.05) is 0 Å². The number of fused-ring (bicyclic) bond motifs is 13. The highest BCUT2D eigenvalue weighted by Crippen LogP contribution is 2.51. The Morgan fingerprint density at radius 2 is 0.906 bits per heavy atom. The van der Waals surface area contributed by atoms with Crippen molar-refractivity contribution >= 4 is 82.5 Å². The highest BCUT2D eigenvalue weighted by atomic mass is 15.1. The van der Waals surface area contributed by atoms with Crippen LogP contribution in [-0.2, 0) is 5.41 Å². The molecule has 0 aliphatic heterocycles. The normalized spacial score (nSPS) is 13.3.